The molecule has 3 aliphatic rings. The molecule has 0 radical (unpaired) electrons. The predicted octanol–water partition coefficient (Wildman–Crippen LogP) is 9.60. The summed E-state index contributed by atoms with van der Waals surface area (Å²) in [6, 6.07) is 9.25. The van der Waals surface area contributed by atoms with Gasteiger partial charge in [-0.05, 0) is 155 Å². The van der Waals surface area contributed by atoms with Crippen molar-refractivity contribution in [1.82, 2.24) is 0 Å². The first-order chi connectivity index (χ1) is 19.2. The molecule has 0 saturated heterocycles. The second-order valence-corrected chi connectivity index (χ2v) is 14.6. The van der Waals surface area contributed by atoms with Crippen LogP contribution in [0.1, 0.15) is 104 Å². The minimum atomic E-state index is 0.0854. The number of thioether (sulfide) groups is 1. The van der Waals surface area contributed by atoms with Crippen LogP contribution in [-0.4, -0.2) is 17.8 Å². The summed E-state index contributed by atoms with van der Waals surface area (Å²) < 4.78 is 0.0854. The third kappa shape index (κ3) is 7.60. The van der Waals surface area contributed by atoms with Gasteiger partial charge in [-0.3, -0.25) is 0 Å². The van der Waals surface area contributed by atoms with Gasteiger partial charge in [0.25, 0.3) is 0 Å². The van der Waals surface area contributed by atoms with E-state index in [9.17, 15) is 0 Å². The van der Waals surface area contributed by atoms with Crippen LogP contribution in [0.25, 0.3) is 4.91 Å². The van der Waals surface area contributed by atoms with Gasteiger partial charge >= 0.3 is 0 Å². The fraction of sp³-hybridized carbons (Fsp3) is 0.514. The number of unbranched alkanes of at least 4 members (excludes halogenated alkanes) is 2. The molecule has 1 aliphatic heterocycles. The maximum Gasteiger partial charge on any atom is 0.0402 e. The molecule has 4 N–H and O–H groups in total. The third-order valence-electron chi connectivity index (χ3n) is 9.01. The Kier molecular flexibility index (Phi) is 10.6. The molecular weight excluding hydrogens is 504 g/mol. The summed E-state index contributed by atoms with van der Waals surface area (Å²) in [6.45, 7) is 13.4. The van der Waals surface area contributed by atoms with Crippen LogP contribution in [0.2, 0.25) is 0 Å². The normalized spacial score (nSPS) is 25.8. The minimum Gasteiger partial charge on any atom is -0.330 e. The fourth-order valence-electron chi connectivity index (χ4n) is 6.46. The molecule has 1 unspecified atom stereocenters. The summed E-state index contributed by atoms with van der Waals surface area (Å²) in [5.74, 6) is 0. The minimum absolute atomic E-state index is 0.0854. The molecule has 4 rings (SSSR count). The van der Waals surface area contributed by atoms with Crippen LogP contribution in [0, 0.1) is 5.41 Å². The highest BCUT2D eigenvalue weighted by Gasteiger charge is 2.35. The summed E-state index contributed by atoms with van der Waals surface area (Å²) in [4.78, 5) is 1.41. The summed E-state index contributed by atoms with van der Waals surface area (Å²) in [5.41, 5.74) is 23.3. The van der Waals surface area contributed by atoms with Crippen molar-refractivity contribution >= 4 is 16.7 Å². The highest BCUT2D eigenvalue weighted by Crippen LogP contribution is 2.53. The van der Waals surface area contributed by atoms with Crippen LogP contribution in [0.3, 0.4) is 0 Å². The molecule has 40 heavy (non-hydrogen) atoms. The van der Waals surface area contributed by atoms with Crippen molar-refractivity contribution in [2.45, 2.75) is 104 Å². The number of allylic oxidation sites excluding steroid dienone is 10. The van der Waals surface area contributed by atoms with Crippen molar-refractivity contribution < 1.29 is 0 Å². The van der Waals surface area contributed by atoms with Crippen LogP contribution >= 0.6 is 11.8 Å². The first-order valence-corrected chi connectivity index (χ1v) is 16.4. The van der Waals surface area contributed by atoms with E-state index in [4.69, 9.17) is 11.5 Å². The summed E-state index contributed by atoms with van der Waals surface area (Å²) >= 11 is 2.02. The molecule has 0 amide bonds. The van der Waals surface area contributed by atoms with E-state index in [1.54, 1.807) is 11.1 Å². The van der Waals surface area contributed by atoms with Crippen molar-refractivity contribution in [3.63, 3.8) is 0 Å². The smallest absolute Gasteiger partial charge is 0.0402 e. The standard InChI is InChI=1S/C37H52N2S/c1-27(30-18-21-37(5,22-19-30)20-7-9-24-39)25-28(2)32-12-10-13-33(32)34-26-35(40-36(34,3)4)31-16-14-29(15-17-31)11-6-8-23-38/h14-19,21,25-26H,6-13,20,22-24,38-39H2,1-5H3/b27-25+,32-28+,34-33-. The van der Waals surface area contributed by atoms with Gasteiger partial charge in [0, 0.05) is 9.65 Å². The van der Waals surface area contributed by atoms with Gasteiger partial charge < -0.3 is 11.5 Å². The van der Waals surface area contributed by atoms with E-state index in [2.05, 4.69) is 89.3 Å². The van der Waals surface area contributed by atoms with Gasteiger partial charge in [-0.2, -0.15) is 0 Å². The number of benzene rings is 1. The van der Waals surface area contributed by atoms with Gasteiger partial charge in [-0.25, -0.2) is 0 Å². The van der Waals surface area contributed by atoms with E-state index >= 15 is 0 Å². The number of hydrogen-bond acceptors (Lipinski definition) is 3. The average molecular weight is 557 g/mol. The first-order valence-electron chi connectivity index (χ1n) is 15.6. The number of nitrogens with two attached hydrogens (primary N) is 2. The molecule has 1 saturated carbocycles. The van der Waals surface area contributed by atoms with Crippen molar-refractivity contribution in [2.24, 2.45) is 16.9 Å². The van der Waals surface area contributed by atoms with E-state index in [0.717, 1.165) is 38.8 Å². The summed E-state index contributed by atoms with van der Waals surface area (Å²) in [7, 11) is 0. The van der Waals surface area contributed by atoms with Gasteiger partial charge in [-0.1, -0.05) is 61.9 Å². The third-order valence-corrected chi connectivity index (χ3v) is 10.3. The van der Waals surface area contributed by atoms with Crippen LogP contribution in [-0.2, 0) is 6.42 Å². The Labute approximate surface area is 248 Å². The molecule has 0 aromatic heterocycles. The lowest BCUT2D eigenvalue weighted by Gasteiger charge is -2.28. The molecule has 1 aromatic carbocycles. The second-order valence-electron chi connectivity index (χ2n) is 12.9. The Hall–Kier alpha value is -2.07. The molecule has 216 valence electrons. The maximum atomic E-state index is 5.71. The topological polar surface area (TPSA) is 52.0 Å². The Morgan fingerprint density at radius 2 is 1.68 bits per heavy atom. The van der Waals surface area contributed by atoms with Gasteiger partial charge in [-0.15, -0.1) is 11.8 Å². The molecule has 0 spiro atoms. The zero-order chi connectivity index (χ0) is 28.8. The number of hydrogen-bond donors (Lipinski definition) is 2. The summed E-state index contributed by atoms with van der Waals surface area (Å²) in [5, 5.41) is 0. The molecular formula is C37H52N2S. The van der Waals surface area contributed by atoms with Crippen LogP contribution < -0.4 is 11.5 Å². The Morgan fingerprint density at radius 3 is 2.35 bits per heavy atom. The van der Waals surface area contributed by atoms with Crippen molar-refractivity contribution in [2.75, 3.05) is 13.1 Å². The number of rotatable bonds is 11. The Balaban J connectivity index is 1.54. The van der Waals surface area contributed by atoms with Crippen molar-refractivity contribution in [3.8, 4) is 0 Å². The van der Waals surface area contributed by atoms with Crippen LogP contribution in [0.4, 0.5) is 0 Å². The average Bonchev–Trinajstić information content (AvgIpc) is 3.53. The lowest BCUT2D eigenvalue weighted by atomic mass is 9.77. The molecule has 1 aromatic rings. The molecule has 2 nitrogen and oxygen atoms in total. The Bertz CT molecular complexity index is 1240. The SMILES string of the molecule is C\C(=C/C(C)=C1\CCC\C1=C1/C=C(c2ccc(CCCCN)cc2)SC1(C)C)C1=CCC(C)(CCCCN)C=C1. The second kappa shape index (κ2) is 13.7. The zero-order valence-corrected chi connectivity index (χ0v) is 26.6. The molecule has 1 fully saturated rings. The van der Waals surface area contributed by atoms with Gasteiger partial charge in [0.15, 0.2) is 0 Å². The highest BCUT2D eigenvalue weighted by molar-refractivity contribution is 8.10. The lowest BCUT2D eigenvalue weighted by Crippen LogP contribution is -2.15. The predicted molar refractivity (Wildman–Crippen MR) is 178 cm³/mol. The van der Waals surface area contributed by atoms with E-state index in [0.29, 0.717) is 0 Å². The molecule has 0 bridgehead atoms. The van der Waals surface area contributed by atoms with E-state index < -0.39 is 0 Å². The van der Waals surface area contributed by atoms with Gasteiger partial charge in [0.2, 0.25) is 0 Å². The van der Waals surface area contributed by atoms with E-state index in [1.165, 1.54) is 76.8 Å². The zero-order valence-electron chi connectivity index (χ0n) is 25.7. The number of aryl methyl sites for hydroxylation is 1. The van der Waals surface area contributed by atoms with E-state index in [1.807, 2.05) is 11.8 Å². The van der Waals surface area contributed by atoms with Crippen molar-refractivity contribution in [3.05, 3.63) is 99.2 Å². The van der Waals surface area contributed by atoms with Gasteiger partial charge in [0.05, 0.1) is 0 Å². The first kappa shape index (κ1) is 30.9. The summed E-state index contributed by atoms with van der Waals surface area (Å²) in [6.07, 6.45) is 23.9. The van der Waals surface area contributed by atoms with Gasteiger partial charge in [0.1, 0.15) is 0 Å². The molecule has 2 aliphatic carbocycles. The highest BCUT2D eigenvalue weighted by atomic mass is 32.2. The monoisotopic (exact) mass is 556 g/mol. The van der Waals surface area contributed by atoms with E-state index in [-0.39, 0.29) is 10.2 Å². The maximum absolute atomic E-state index is 5.71. The lowest BCUT2D eigenvalue weighted by molar-refractivity contribution is 0.375. The van der Waals surface area contributed by atoms with Crippen LogP contribution in [0.5, 0.6) is 0 Å². The Morgan fingerprint density at radius 1 is 0.950 bits per heavy atom. The fourth-order valence-corrected chi connectivity index (χ4v) is 7.73. The van der Waals surface area contributed by atoms with Crippen LogP contribution in [0.15, 0.2) is 88.1 Å². The quantitative estimate of drug-likeness (QED) is 0.267. The molecule has 1 atom stereocenters. The largest absolute Gasteiger partial charge is 0.330 e. The molecule has 3 heteroatoms. The van der Waals surface area contributed by atoms with Crippen molar-refractivity contribution in [1.29, 1.82) is 0 Å². The molecule has 1 heterocycles.